The third kappa shape index (κ3) is 3.95. The van der Waals surface area contributed by atoms with Gasteiger partial charge in [0.15, 0.2) is 6.13 Å². The Morgan fingerprint density at radius 1 is 1.55 bits per heavy atom. The SMILES string of the molecule is CNC(=O)C1=C(C(O)c2ccc(F)c(C)c2Br)B([S-])N=C1.[K+]. The van der Waals surface area contributed by atoms with E-state index in [0.29, 0.717) is 21.1 Å². The zero-order valence-corrected chi connectivity index (χ0v) is 17.9. The molecule has 0 bridgehead atoms. The average molecular weight is 409 g/mol. The van der Waals surface area contributed by atoms with E-state index in [1.807, 2.05) is 0 Å². The molecule has 1 aliphatic heterocycles. The molecular formula is C13H12BBrFKN2O2S. The fourth-order valence-corrected chi connectivity index (χ4v) is 2.95. The van der Waals surface area contributed by atoms with Gasteiger partial charge in [0.2, 0.25) is 0 Å². The maximum atomic E-state index is 13.5. The van der Waals surface area contributed by atoms with Gasteiger partial charge in [-0.25, -0.2) is 4.39 Å². The molecular weight excluding hydrogens is 397 g/mol. The summed E-state index contributed by atoms with van der Waals surface area (Å²) in [7, 11) is 1.49. The van der Waals surface area contributed by atoms with Crippen molar-refractivity contribution in [2.24, 2.45) is 4.90 Å². The van der Waals surface area contributed by atoms with Gasteiger partial charge in [0, 0.05) is 23.3 Å². The van der Waals surface area contributed by atoms with Crippen LogP contribution in [0.5, 0.6) is 0 Å². The molecule has 0 fully saturated rings. The van der Waals surface area contributed by atoms with Gasteiger partial charge in [0.1, 0.15) is 5.82 Å². The quantitative estimate of drug-likeness (QED) is 0.479. The summed E-state index contributed by atoms with van der Waals surface area (Å²) >= 11 is 8.44. The smallest absolute Gasteiger partial charge is 0.795 e. The van der Waals surface area contributed by atoms with Crippen LogP contribution in [0.3, 0.4) is 0 Å². The predicted octanol–water partition coefficient (Wildman–Crippen LogP) is -1.36. The normalized spacial score (nSPS) is 14.9. The molecule has 0 radical (unpaired) electrons. The number of nitrogens with one attached hydrogen (secondary N) is 1. The van der Waals surface area contributed by atoms with E-state index in [9.17, 15) is 14.3 Å². The molecule has 1 amide bonds. The summed E-state index contributed by atoms with van der Waals surface area (Å²) in [5, 5.41) is 13.0. The molecule has 0 spiro atoms. The molecule has 1 aromatic carbocycles. The van der Waals surface area contributed by atoms with Crippen molar-refractivity contribution in [3.05, 3.63) is 44.6 Å². The number of hydrogen-bond donors (Lipinski definition) is 2. The van der Waals surface area contributed by atoms with Gasteiger partial charge in [-0.05, 0) is 24.1 Å². The molecule has 0 saturated carbocycles. The summed E-state index contributed by atoms with van der Waals surface area (Å²) in [5.41, 5.74) is 1.41. The molecule has 9 heteroatoms. The number of nitrogens with zero attached hydrogens (tertiary/aromatic N) is 1. The van der Waals surface area contributed by atoms with Crippen molar-refractivity contribution >= 4 is 46.7 Å². The van der Waals surface area contributed by atoms with E-state index < -0.39 is 12.2 Å². The molecule has 1 atom stereocenters. The fraction of sp³-hybridized carbons (Fsp3) is 0.231. The molecule has 1 heterocycles. The maximum absolute atomic E-state index is 13.5. The van der Waals surface area contributed by atoms with Crippen LogP contribution in [-0.2, 0) is 17.3 Å². The van der Waals surface area contributed by atoms with Crippen molar-refractivity contribution in [3.8, 4) is 0 Å². The predicted molar refractivity (Wildman–Crippen MR) is 86.5 cm³/mol. The Bertz CT molecular complexity index is 672. The number of carbonyl (C=O) groups excluding carboxylic acids is 1. The zero-order valence-electron chi connectivity index (χ0n) is 12.4. The number of likely N-dealkylation sites (N-methyl/N-ethyl adjacent to an activating group) is 1. The van der Waals surface area contributed by atoms with Gasteiger partial charge >= 0.3 is 51.4 Å². The second kappa shape index (κ2) is 8.57. The summed E-state index contributed by atoms with van der Waals surface area (Å²) in [6.07, 6.45) is -0.486. The Kier molecular flexibility index (Phi) is 8.01. The number of hydrogen-bond acceptors (Lipinski definition) is 4. The van der Waals surface area contributed by atoms with Crippen molar-refractivity contribution in [3.63, 3.8) is 0 Å². The fourth-order valence-electron chi connectivity index (χ4n) is 2.10. The number of halogens is 2. The van der Waals surface area contributed by atoms with Crippen molar-refractivity contribution in [2.75, 3.05) is 7.05 Å². The Morgan fingerprint density at radius 3 is 2.77 bits per heavy atom. The molecule has 0 aromatic heterocycles. The largest absolute Gasteiger partial charge is 1.00 e. The van der Waals surface area contributed by atoms with E-state index >= 15 is 0 Å². The molecule has 1 unspecified atom stereocenters. The Labute approximate surface area is 185 Å². The van der Waals surface area contributed by atoms with Crippen molar-refractivity contribution < 1.29 is 65.7 Å². The van der Waals surface area contributed by atoms with Crippen molar-refractivity contribution in [1.29, 1.82) is 0 Å². The van der Waals surface area contributed by atoms with Gasteiger partial charge in [0.25, 0.3) is 5.91 Å². The van der Waals surface area contributed by atoms with Crippen LogP contribution in [-0.4, -0.2) is 30.4 Å². The third-order valence-electron chi connectivity index (χ3n) is 3.33. The number of carbonyl (C=O) groups is 1. The molecule has 2 rings (SSSR count). The minimum absolute atomic E-state index is 0. The summed E-state index contributed by atoms with van der Waals surface area (Å²) in [6.45, 7) is 1.60. The number of rotatable bonds is 3. The topological polar surface area (TPSA) is 61.7 Å². The van der Waals surface area contributed by atoms with Gasteiger partial charge < -0.3 is 27.8 Å². The second-order valence-corrected chi connectivity index (χ2v) is 5.80. The monoisotopic (exact) mass is 408 g/mol. The Hall–Kier alpha value is 0.521. The van der Waals surface area contributed by atoms with Crippen LogP contribution in [0.4, 0.5) is 4.39 Å². The van der Waals surface area contributed by atoms with Gasteiger partial charge in [-0.2, -0.15) is 0 Å². The first-order valence-corrected chi connectivity index (χ1v) is 7.42. The van der Waals surface area contributed by atoms with Crippen LogP contribution in [0.15, 0.2) is 32.6 Å². The number of benzene rings is 1. The second-order valence-electron chi connectivity index (χ2n) is 4.56. The van der Waals surface area contributed by atoms with Crippen LogP contribution in [0, 0.1) is 12.7 Å². The van der Waals surface area contributed by atoms with Crippen LogP contribution in [0.1, 0.15) is 17.2 Å². The summed E-state index contributed by atoms with van der Waals surface area (Å²) in [4.78, 5) is 15.8. The summed E-state index contributed by atoms with van der Waals surface area (Å²) in [5.74, 6) is -0.744. The van der Waals surface area contributed by atoms with E-state index in [4.69, 9.17) is 12.5 Å². The van der Waals surface area contributed by atoms with Gasteiger partial charge in [0.05, 0.1) is 6.10 Å². The first-order chi connectivity index (χ1) is 9.88. The van der Waals surface area contributed by atoms with E-state index in [2.05, 4.69) is 26.2 Å². The van der Waals surface area contributed by atoms with Crippen LogP contribution < -0.4 is 56.7 Å². The molecule has 22 heavy (non-hydrogen) atoms. The minimum Gasteiger partial charge on any atom is -0.795 e. The first-order valence-electron chi connectivity index (χ1n) is 6.16. The van der Waals surface area contributed by atoms with Crippen LogP contribution in [0.2, 0.25) is 0 Å². The molecule has 1 aromatic rings. The van der Waals surface area contributed by atoms with E-state index in [-0.39, 0.29) is 68.7 Å². The van der Waals surface area contributed by atoms with Crippen molar-refractivity contribution in [1.82, 2.24) is 5.32 Å². The van der Waals surface area contributed by atoms with E-state index in [0.717, 1.165) is 0 Å². The van der Waals surface area contributed by atoms with Gasteiger partial charge in [-0.3, -0.25) is 4.79 Å². The number of amides is 1. The molecule has 0 saturated heterocycles. The van der Waals surface area contributed by atoms with Gasteiger partial charge in [-0.1, -0.05) is 27.5 Å². The third-order valence-corrected chi connectivity index (χ3v) is 4.76. The van der Waals surface area contributed by atoms with Crippen LogP contribution in [0.25, 0.3) is 0 Å². The Morgan fingerprint density at radius 2 is 2.18 bits per heavy atom. The zero-order chi connectivity index (χ0) is 15.7. The van der Waals surface area contributed by atoms with E-state index in [1.165, 1.54) is 25.4 Å². The molecule has 4 nitrogen and oxygen atoms in total. The van der Waals surface area contributed by atoms with E-state index in [1.54, 1.807) is 6.92 Å². The molecule has 1 aliphatic rings. The molecule has 2 N–H and O–H groups in total. The number of aliphatic hydroxyl groups is 1. The maximum Gasteiger partial charge on any atom is 1.00 e. The van der Waals surface area contributed by atoms with Crippen molar-refractivity contribution in [2.45, 2.75) is 13.0 Å². The molecule has 0 aliphatic carbocycles. The number of aliphatic hydroxyl groups excluding tert-OH is 1. The van der Waals surface area contributed by atoms with Crippen LogP contribution >= 0.6 is 15.9 Å². The summed E-state index contributed by atoms with van der Waals surface area (Å²) < 4.78 is 14.0. The minimum atomic E-state index is -1.13. The Balaban J connectivity index is 0.00000242. The average Bonchev–Trinajstić information content (AvgIpc) is 2.85. The molecule has 110 valence electrons. The first kappa shape index (κ1) is 20.6. The van der Waals surface area contributed by atoms with Gasteiger partial charge in [-0.15, -0.1) is 0 Å². The standard InChI is InChI=1S/C13H12BBrFN2O2S.K/c1-6-9(16)4-3-7(11(6)15)12(19)10-8(13(20)17-2)5-18-14(10)21;/h3-5,12,19H,1-2H3,(H,17,20);/q-1;+1. The summed E-state index contributed by atoms with van der Waals surface area (Å²) in [6, 6.07) is 2.74.